The summed E-state index contributed by atoms with van der Waals surface area (Å²) in [6.07, 6.45) is 6.16. The lowest BCUT2D eigenvalue weighted by Crippen LogP contribution is -2.31. The smallest absolute Gasteiger partial charge is 0.254 e. The zero-order chi connectivity index (χ0) is 26.2. The molecular weight excluding hydrogens is 466 g/mol. The summed E-state index contributed by atoms with van der Waals surface area (Å²) in [5.41, 5.74) is 10.7. The van der Waals surface area contributed by atoms with Crippen molar-refractivity contribution in [3.05, 3.63) is 89.3 Å². The molecular formula is C28H31N7O2. The number of aromatic nitrogens is 5. The third kappa shape index (κ3) is 6.31. The largest absolute Gasteiger partial charge is 0.383 e. The Morgan fingerprint density at radius 2 is 1.86 bits per heavy atom. The van der Waals surface area contributed by atoms with Crippen LogP contribution in [0, 0.1) is 6.92 Å². The van der Waals surface area contributed by atoms with Gasteiger partial charge in [-0.1, -0.05) is 19.9 Å². The molecule has 0 aliphatic carbocycles. The van der Waals surface area contributed by atoms with Gasteiger partial charge in [-0.15, -0.1) is 0 Å². The van der Waals surface area contributed by atoms with Gasteiger partial charge in [0.1, 0.15) is 11.6 Å². The van der Waals surface area contributed by atoms with Gasteiger partial charge >= 0.3 is 0 Å². The van der Waals surface area contributed by atoms with Crippen molar-refractivity contribution in [1.29, 1.82) is 0 Å². The number of carbonyl (C=O) groups is 1. The third-order valence-corrected chi connectivity index (χ3v) is 5.90. The van der Waals surface area contributed by atoms with Gasteiger partial charge in [-0.05, 0) is 66.9 Å². The predicted octanol–water partition coefficient (Wildman–Crippen LogP) is 4.38. The average Bonchev–Trinajstić information content (AvgIpc) is 2.95. The Bertz CT molecular complexity index is 1390. The van der Waals surface area contributed by atoms with E-state index in [4.69, 9.17) is 10.5 Å². The Morgan fingerprint density at radius 3 is 2.57 bits per heavy atom. The molecule has 3 aromatic heterocycles. The maximum atomic E-state index is 13.6. The lowest BCUT2D eigenvalue weighted by atomic mass is 10.1. The minimum atomic E-state index is -0.160. The molecule has 0 atom stereocenters. The van der Waals surface area contributed by atoms with E-state index in [1.54, 1.807) is 29.4 Å². The number of pyridine rings is 1. The van der Waals surface area contributed by atoms with Gasteiger partial charge in [-0.2, -0.15) is 10.2 Å². The summed E-state index contributed by atoms with van der Waals surface area (Å²) in [5, 5.41) is 9.64. The van der Waals surface area contributed by atoms with E-state index in [9.17, 15) is 4.79 Å². The Labute approximate surface area is 216 Å². The van der Waals surface area contributed by atoms with Gasteiger partial charge in [0.25, 0.3) is 5.91 Å². The predicted molar refractivity (Wildman–Crippen MR) is 143 cm³/mol. The van der Waals surface area contributed by atoms with Crippen LogP contribution >= 0.6 is 0 Å². The van der Waals surface area contributed by atoms with Crippen LogP contribution in [0.3, 0.4) is 0 Å². The number of hydrogen-bond donors (Lipinski definition) is 1. The van der Waals surface area contributed by atoms with E-state index in [1.165, 1.54) is 0 Å². The Balaban J connectivity index is 0.00000156. The second kappa shape index (κ2) is 12.1. The van der Waals surface area contributed by atoms with E-state index in [-0.39, 0.29) is 19.0 Å². The number of carbonyl (C=O) groups excluding carboxylic acids is 1. The van der Waals surface area contributed by atoms with Crippen LogP contribution in [0.4, 0.5) is 5.82 Å². The molecule has 1 aromatic carbocycles. The molecule has 37 heavy (non-hydrogen) atoms. The monoisotopic (exact) mass is 497 g/mol. The van der Waals surface area contributed by atoms with Crippen LogP contribution in [-0.2, 0) is 17.8 Å². The summed E-state index contributed by atoms with van der Waals surface area (Å²) < 4.78 is 5.37. The normalized spacial score (nSPS) is 12.9. The molecule has 0 saturated heterocycles. The summed E-state index contributed by atoms with van der Waals surface area (Å²) in [6.45, 7) is 7.67. The van der Waals surface area contributed by atoms with Crippen molar-refractivity contribution in [2.75, 3.05) is 18.9 Å². The average molecular weight is 498 g/mol. The van der Waals surface area contributed by atoms with Crippen molar-refractivity contribution in [1.82, 2.24) is 30.0 Å². The Kier molecular flexibility index (Phi) is 8.48. The van der Waals surface area contributed by atoms with Crippen molar-refractivity contribution in [3.63, 3.8) is 0 Å². The molecule has 0 spiro atoms. The fraction of sp³-hybridized carbons (Fsp3) is 0.286. The molecule has 1 amide bonds. The minimum absolute atomic E-state index is 0.160. The van der Waals surface area contributed by atoms with Gasteiger partial charge < -0.3 is 15.4 Å². The van der Waals surface area contributed by atoms with Crippen LogP contribution in [0.2, 0.25) is 0 Å². The molecule has 0 saturated carbocycles. The van der Waals surface area contributed by atoms with Gasteiger partial charge in [0.2, 0.25) is 0 Å². The summed E-state index contributed by atoms with van der Waals surface area (Å²) in [7, 11) is 0. The summed E-state index contributed by atoms with van der Waals surface area (Å²) in [6, 6.07) is 12.9. The van der Waals surface area contributed by atoms with Crippen LogP contribution in [0.5, 0.6) is 0 Å². The third-order valence-electron chi connectivity index (χ3n) is 5.90. The minimum Gasteiger partial charge on any atom is -0.383 e. The number of benzene rings is 1. The molecule has 9 nitrogen and oxygen atoms in total. The standard InChI is InChI=1S/C26H25N7O2.C2H6/c1-17-13-20-14-19(3-5-22(20)30-25(17)27)26(34)33(16-24-28-9-2-10-29-24)15-21-4-6-23(32-31-21)18-7-11-35-12-8-18;1-2/h2-7,9-10,13-14H,8,11-12,15-16H2,1H3,(H2,27,30);1-2H3. The molecule has 0 unspecified atom stereocenters. The number of amides is 1. The van der Waals surface area contributed by atoms with Crippen LogP contribution in [-0.4, -0.2) is 49.2 Å². The Hall–Kier alpha value is -4.24. The first-order valence-electron chi connectivity index (χ1n) is 12.4. The van der Waals surface area contributed by atoms with E-state index in [2.05, 4.69) is 25.1 Å². The highest BCUT2D eigenvalue weighted by Gasteiger charge is 2.20. The number of nitrogen functional groups attached to an aromatic ring is 1. The van der Waals surface area contributed by atoms with Gasteiger partial charge in [0.05, 0.1) is 43.2 Å². The topological polar surface area (TPSA) is 120 Å². The summed E-state index contributed by atoms with van der Waals surface area (Å²) >= 11 is 0. The molecule has 9 heteroatoms. The number of fused-ring (bicyclic) bond motifs is 1. The van der Waals surface area contributed by atoms with Gasteiger partial charge in [-0.25, -0.2) is 15.0 Å². The highest BCUT2D eigenvalue weighted by molar-refractivity contribution is 5.98. The maximum absolute atomic E-state index is 13.6. The second-order valence-corrected chi connectivity index (χ2v) is 8.39. The number of anilines is 1. The molecule has 4 aromatic rings. The molecule has 0 bridgehead atoms. The lowest BCUT2D eigenvalue weighted by molar-refractivity contribution is 0.0723. The van der Waals surface area contributed by atoms with Gasteiger partial charge in [0, 0.05) is 23.3 Å². The summed E-state index contributed by atoms with van der Waals surface area (Å²) in [4.78, 5) is 28.3. The quantitative estimate of drug-likeness (QED) is 0.417. The number of rotatable bonds is 6. The van der Waals surface area contributed by atoms with Gasteiger partial charge in [-0.3, -0.25) is 4.79 Å². The molecule has 0 fully saturated rings. The van der Waals surface area contributed by atoms with E-state index in [0.29, 0.717) is 36.1 Å². The van der Waals surface area contributed by atoms with Gasteiger partial charge in [0.15, 0.2) is 0 Å². The van der Waals surface area contributed by atoms with E-state index in [1.807, 2.05) is 57.2 Å². The first-order valence-corrected chi connectivity index (χ1v) is 12.4. The number of hydrogen-bond acceptors (Lipinski definition) is 8. The van der Waals surface area contributed by atoms with Crippen molar-refractivity contribution < 1.29 is 9.53 Å². The van der Waals surface area contributed by atoms with Crippen LogP contribution in [0.15, 0.2) is 60.9 Å². The molecule has 0 radical (unpaired) electrons. The number of aryl methyl sites for hydroxylation is 1. The van der Waals surface area contributed by atoms with Crippen molar-refractivity contribution in [3.8, 4) is 0 Å². The molecule has 2 N–H and O–H groups in total. The van der Waals surface area contributed by atoms with Crippen LogP contribution in [0.1, 0.15) is 53.4 Å². The molecule has 5 rings (SSSR count). The Morgan fingerprint density at radius 1 is 1.05 bits per heavy atom. The number of ether oxygens (including phenoxy) is 1. The zero-order valence-electron chi connectivity index (χ0n) is 21.4. The maximum Gasteiger partial charge on any atom is 0.254 e. The molecule has 1 aliphatic heterocycles. The van der Waals surface area contributed by atoms with E-state index < -0.39 is 0 Å². The van der Waals surface area contributed by atoms with E-state index in [0.717, 1.165) is 34.2 Å². The SMILES string of the molecule is CC.Cc1cc2cc(C(=O)N(Cc3ccc(C4=CCOCC4)nn3)Cc3ncccn3)ccc2nc1N. The van der Waals surface area contributed by atoms with Crippen molar-refractivity contribution >= 4 is 28.2 Å². The van der Waals surface area contributed by atoms with Crippen LogP contribution < -0.4 is 5.73 Å². The van der Waals surface area contributed by atoms with Crippen LogP contribution in [0.25, 0.3) is 16.5 Å². The number of nitrogens with two attached hydrogens (primary N) is 1. The van der Waals surface area contributed by atoms with Crippen molar-refractivity contribution in [2.24, 2.45) is 0 Å². The highest BCUT2D eigenvalue weighted by atomic mass is 16.5. The number of nitrogens with zero attached hydrogens (tertiary/aromatic N) is 6. The summed E-state index contributed by atoms with van der Waals surface area (Å²) in [5.74, 6) is 0.869. The van der Waals surface area contributed by atoms with Crippen molar-refractivity contribution in [2.45, 2.75) is 40.3 Å². The second-order valence-electron chi connectivity index (χ2n) is 8.39. The molecule has 190 valence electrons. The fourth-order valence-electron chi connectivity index (χ4n) is 3.97. The lowest BCUT2D eigenvalue weighted by Gasteiger charge is -2.22. The highest BCUT2D eigenvalue weighted by Crippen LogP contribution is 2.22. The first kappa shape index (κ1) is 25.8. The fourth-order valence-corrected chi connectivity index (χ4v) is 3.97. The van der Waals surface area contributed by atoms with E-state index >= 15 is 0 Å². The molecule has 1 aliphatic rings. The zero-order valence-corrected chi connectivity index (χ0v) is 21.4. The first-order chi connectivity index (χ1) is 18.1. The molecule has 4 heterocycles.